The van der Waals surface area contributed by atoms with Crippen LogP contribution in [0.5, 0.6) is 0 Å². The number of rotatable bonds is 4. The topological polar surface area (TPSA) is 58.1 Å². The molecule has 0 radical (unpaired) electrons. The summed E-state index contributed by atoms with van der Waals surface area (Å²) in [7, 11) is 3.29. The first-order chi connectivity index (χ1) is 12.4. The number of aromatic amines is 1. The molecule has 0 atom stereocenters. The number of pyridine rings is 1. The molecule has 1 amide bonds. The molecular formula is C20H20FN3O2. The summed E-state index contributed by atoms with van der Waals surface area (Å²) >= 11 is 0. The SMILES string of the molecule is C/C=C/Cn1cc(-c2cc(C(=O)N(C)C)ccc2F)c2cc[nH]c2c1=O. The van der Waals surface area contributed by atoms with Gasteiger partial charge in [0.25, 0.3) is 11.5 Å². The standard InChI is InChI=1S/C20H20FN3O2/c1-4-5-10-24-12-16(14-8-9-22-18(14)20(24)26)15-11-13(6-7-17(15)21)19(25)23(2)3/h4-9,11-12,22H,10H2,1-3H3/b5-4+. The van der Waals surface area contributed by atoms with Crippen molar-refractivity contribution in [2.75, 3.05) is 14.1 Å². The summed E-state index contributed by atoms with van der Waals surface area (Å²) in [6, 6.07) is 6.02. The monoisotopic (exact) mass is 353 g/mol. The van der Waals surface area contributed by atoms with Crippen LogP contribution in [0.15, 0.2) is 53.6 Å². The Morgan fingerprint density at radius 3 is 2.73 bits per heavy atom. The minimum Gasteiger partial charge on any atom is -0.357 e. The first-order valence-electron chi connectivity index (χ1n) is 8.27. The van der Waals surface area contributed by atoms with Gasteiger partial charge in [-0.25, -0.2) is 4.39 Å². The Labute approximate surface area is 150 Å². The van der Waals surface area contributed by atoms with Crippen molar-refractivity contribution in [1.82, 2.24) is 14.5 Å². The van der Waals surface area contributed by atoms with Gasteiger partial charge in [-0.05, 0) is 31.2 Å². The average Bonchev–Trinajstić information content (AvgIpc) is 3.11. The van der Waals surface area contributed by atoms with E-state index in [1.165, 1.54) is 27.7 Å². The lowest BCUT2D eigenvalue weighted by Gasteiger charge is -2.13. The van der Waals surface area contributed by atoms with Crippen LogP contribution in [0, 0.1) is 5.82 Å². The predicted octanol–water partition coefficient (Wildman–Crippen LogP) is 3.41. The van der Waals surface area contributed by atoms with Gasteiger partial charge in [-0.3, -0.25) is 9.59 Å². The third kappa shape index (κ3) is 3.06. The highest BCUT2D eigenvalue weighted by Gasteiger charge is 2.17. The molecule has 2 heterocycles. The number of benzene rings is 1. The minimum absolute atomic E-state index is 0.173. The van der Waals surface area contributed by atoms with Crippen LogP contribution in [0.4, 0.5) is 4.39 Å². The van der Waals surface area contributed by atoms with Crippen LogP contribution in [-0.2, 0) is 6.54 Å². The van der Waals surface area contributed by atoms with Gasteiger partial charge in [-0.15, -0.1) is 0 Å². The van der Waals surface area contributed by atoms with Gasteiger partial charge in [0.15, 0.2) is 0 Å². The van der Waals surface area contributed by atoms with Gasteiger partial charge < -0.3 is 14.5 Å². The smallest absolute Gasteiger partial charge is 0.275 e. The molecule has 0 aliphatic carbocycles. The maximum Gasteiger partial charge on any atom is 0.275 e. The number of carbonyl (C=O) groups excluding carboxylic acids is 1. The zero-order valence-electron chi connectivity index (χ0n) is 14.9. The number of nitrogens with zero attached hydrogens (tertiary/aromatic N) is 2. The molecule has 1 aromatic carbocycles. The molecule has 3 aromatic rings. The summed E-state index contributed by atoms with van der Waals surface area (Å²) in [5, 5.41) is 0.625. The molecule has 0 aliphatic rings. The highest BCUT2D eigenvalue weighted by molar-refractivity contribution is 5.98. The Morgan fingerprint density at radius 2 is 2.04 bits per heavy atom. The summed E-state index contributed by atoms with van der Waals surface area (Å²) < 4.78 is 16.1. The van der Waals surface area contributed by atoms with Crippen LogP contribution in [0.25, 0.3) is 22.0 Å². The van der Waals surface area contributed by atoms with Crippen molar-refractivity contribution in [2.24, 2.45) is 0 Å². The molecule has 5 nitrogen and oxygen atoms in total. The van der Waals surface area contributed by atoms with Crippen molar-refractivity contribution < 1.29 is 9.18 Å². The van der Waals surface area contributed by atoms with E-state index in [0.29, 0.717) is 28.6 Å². The van der Waals surface area contributed by atoms with E-state index in [2.05, 4.69) is 4.98 Å². The van der Waals surface area contributed by atoms with Crippen molar-refractivity contribution in [3.05, 3.63) is 70.5 Å². The minimum atomic E-state index is -0.445. The van der Waals surface area contributed by atoms with Crippen LogP contribution >= 0.6 is 0 Å². The number of carbonyl (C=O) groups is 1. The number of hydrogen-bond donors (Lipinski definition) is 1. The van der Waals surface area contributed by atoms with E-state index in [1.54, 1.807) is 32.6 Å². The number of allylic oxidation sites excluding steroid dienone is 2. The maximum absolute atomic E-state index is 14.6. The van der Waals surface area contributed by atoms with E-state index in [0.717, 1.165) is 0 Å². The van der Waals surface area contributed by atoms with Gasteiger partial charge in [0, 0.05) is 55.1 Å². The van der Waals surface area contributed by atoms with E-state index in [-0.39, 0.29) is 17.0 Å². The molecule has 0 fully saturated rings. The molecule has 1 N–H and O–H groups in total. The highest BCUT2D eigenvalue weighted by Crippen LogP contribution is 2.30. The van der Waals surface area contributed by atoms with E-state index >= 15 is 0 Å². The number of amides is 1. The zero-order chi connectivity index (χ0) is 18.8. The molecule has 0 bridgehead atoms. The molecule has 0 saturated carbocycles. The second-order valence-corrected chi connectivity index (χ2v) is 6.23. The van der Waals surface area contributed by atoms with Gasteiger partial charge in [0.2, 0.25) is 0 Å². The lowest BCUT2D eigenvalue weighted by atomic mass is 10.0. The molecule has 0 aliphatic heterocycles. The lowest BCUT2D eigenvalue weighted by Crippen LogP contribution is -2.22. The highest BCUT2D eigenvalue weighted by atomic mass is 19.1. The van der Waals surface area contributed by atoms with Crippen molar-refractivity contribution in [3.63, 3.8) is 0 Å². The van der Waals surface area contributed by atoms with Crippen LogP contribution in [0.1, 0.15) is 17.3 Å². The van der Waals surface area contributed by atoms with Crippen LogP contribution in [0.2, 0.25) is 0 Å². The van der Waals surface area contributed by atoms with E-state index < -0.39 is 5.82 Å². The molecule has 0 saturated heterocycles. The second kappa shape index (κ2) is 7.00. The summed E-state index contributed by atoms with van der Waals surface area (Å²) in [4.78, 5) is 29.2. The predicted molar refractivity (Wildman–Crippen MR) is 101 cm³/mol. The van der Waals surface area contributed by atoms with Gasteiger partial charge in [0.1, 0.15) is 11.3 Å². The van der Waals surface area contributed by atoms with Gasteiger partial charge in [0.05, 0.1) is 0 Å². The molecular weight excluding hydrogens is 333 g/mol. The summed E-state index contributed by atoms with van der Waals surface area (Å²) in [5.74, 6) is -0.655. The van der Waals surface area contributed by atoms with Gasteiger partial charge in [-0.2, -0.15) is 0 Å². The van der Waals surface area contributed by atoms with Crippen LogP contribution < -0.4 is 5.56 Å². The van der Waals surface area contributed by atoms with Crippen LogP contribution in [-0.4, -0.2) is 34.5 Å². The van der Waals surface area contributed by atoms with Crippen molar-refractivity contribution in [2.45, 2.75) is 13.5 Å². The average molecular weight is 353 g/mol. The maximum atomic E-state index is 14.6. The number of nitrogens with one attached hydrogen (secondary N) is 1. The number of H-pyrrole nitrogens is 1. The first-order valence-corrected chi connectivity index (χ1v) is 8.27. The fraction of sp³-hybridized carbons (Fsp3) is 0.200. The second-order valence-electron chi connectivity index (χ2n) is 6.23. The van der Waals surface area contributed by atoms with Crippen molar-refractivity contribution >= 4 is 16.8 Å². The molecule has 3 rings (SSSR count). The van der Waals surface area contributed by atoms with Gasteiger partial charge >= 0.3 is 0 Å². The Balaban J connectivity index is 2.26. The summed E-state index contributed by atoms with van der Waals surface area (Å²) in [5.41, 5.74) is 1.48. The van der Waals surface area contributed by atoms with E-state index in [9.17, 15) is 14.0 Å². The molecule has 2 aromatic heterocycles. The Morgan fingerprint density at radius 1 is 1.27 bits per heavy atom. The Bertz CT molecular complexity index is 1060. The fourth-order valence-corrected chi connectivity index (χ4v) is 2.89. The number of hydrogen-bond acceptors (Lipinski definition) is 2. The Hall–Kier alpha value is -3.15. The van der Waals surface area contributed by atoms with E-state index in [1.807, 2.05) is 19.1 Å². The normalized spacial score (nSPS) is 11.4. The molecule has 134 valence electrons. The third-order valence-corrected chi connectivity index (χ3v) is 4.24. The van der Waals surface area contributed by atoms with E-state index in [4.69, 9.17) is 0 Å². The van der Waals surface area contributed by atoms with Crippen molar-refractivity contribution in [3.8, 4) is 11.1 Å². The lowest BCUT2D eigenvalue weighted by molar-refractivity contribution is 0.0827. The molecule has 6 heteroatoms. The molecule has 0 unspecified atom stereocenters. The Kier molecular flexibility index (Phi) is 4.75. The number of aromatic nitrogens is 2. The third-order valence-electron chi connectivity index (χ3n) is 4.24. The molecule has 26 heavy (non-hydrogen) atoms. The first kappa shape index (κ1) is 17.7. The zero-order valence-corrected chi connectivity index (χ0v) is 14.9. The largest absolute Gasteiger partial charge is 0.357 e. The quantitative estimate of drug-likeness (QED) is 0.731. The summed E-state index contributed by atoms with van der Waals surface area (Å²) in [6.45, 7) is 2.25. The number of halogens is 1. The summed E-state index contributed by atoms with van der Waals surface area (Å²) in [6.07, 6.45) is 6.99. The van der Waals surface area contributed by atoms with Gasteiger partial charge in [-0.1, -0.05) is 12.2 Å². The molecule has 0 spiro atoms. The number of fused-ring (bicyclic) bond motifs is 1. The van der Waals surface area contributed by atoms with Crippen LogP contribution in [0.3, 0.4) is 0 Å². The fourth-order valence-electron chi connectivity index (χ4n) is 2.89. The van der Waals surface area contributed by atoms with Crippen molar-refractivity contribution in [1.29, 1.82) is 0 Å².